The zero-order valence-corrected chi connectivity index (χ0v) is 22.0. The second-order valence-electron chi connectivity index (χ2n) is 10.2. The van der Waals surface area contributed by atoms with E-state index in [1.54, 1.807) is 23.7 Å². The second-order valence-corrected chi connectivity index (χ2v) is 11.2. The van der Waals surface area contributed by atoms with Gasteiger partial charge in [-0.05, 0) is 47.2 Å². The molecular weight excluding hydrogens is 481 g/mol. The van der Waals surface area contributed by atoms with E-state index in [1.807, 2.05) is 42.5 Å². The minimum atomic E-state index is -0.262. The maximum absolute atomic E-state index is 13.8. The fraction of sp³-hybridized carbons (Fsp3) is 0.233. The molecule has 0 aliphatic heterocycles. The number of nitrogens with two attached hydrogens (primary N) is 1. The Kier molecular flexibility index (Phi) is 7.00. The van der Waals surface area contributed by atoms with E-state index >= 15 is 0 Å². The van der Waals surface area contributed by atoms with Gasteiger partial charge < -0.3 is 11.1 Å². The summed E-state index contributed by atoms with van der Waals surface area (Å²) in [5.41, 5.74) is 11.2. The molecule has 0 saturated carbocycles. The number of rotatable bonds is 7. The van der Waals surface area contributed by atoms with Crippen LogP contribution >= 0.6 is 11.3 Å². The first-order valence-electron chi connectivity index (χ1n) is 12.3. The lowest BCUT2D eigenvalue weighted by atomic mass is 9.89. The van der Waals surface area contributed by atoms with Crippen LogP contribution in [0.2, 0.25) is 0 Å². The highest BCUT2D eigenvalue weighted by Gasteiger charge is 2.27. The third-order valence-electron chi connectivity index (χ3n) is 6.16. The maximum atomic E-state index is 13.8. The van der Waals surface area contributed by atoms with Crippen molar-refractivity contribution in [3.05, 3.63) is 95.4 Å². The topological polar surface area (TPSA) is 76.7 Å². The molecule has 0 aliphatic rings. The van der Waals surface area contributed by atoms with Crippen LogP contribution in [0.1, 0.15) is 31.2 Å². The van der Waals surface area contributed by atoms with E-state index in [1.165, 1.54) is 22.6 Å². The molecule has 0 aliphatic carbocycles. The Labute approximate surface area is 220 Å². The molecule has 0 radical (unpaired) electrons. The predicted molar refractivity (Wildman–Crippen MR) is 151 cm³/mol. The summed E-state index contributed by atoms with van der Waals surface area (Å²) in [6.07, 6.45) is 4.24. The van der Waals surface area contributed by atoms with Gasteiger partial charge in [-0.3, -0.25) is 4.98 Å². The van der Waals surface area contributed by atoms with E-state index in [4.69, 9.17) is 15.7 Å². The van der Waals surface area contributed by atoms with Gasteiger partial charge in [0.05, 0.1) is 10.2 Å². The van der Waals surface area contributed by atoms with Crippen molar-refractivity contribution in [1.82, 2.24) is 15.0 Å². The molecule has 0 bridgehead atoms. The summed E-state index contributed by atoms with van der Waals surface area (Å²) in [6.45, 7) is 7.12. The molecular formula is C30H30FN5S. The second kappa shape index (κ2) is 10.4. The first kappa shape index (κ1) is 25.0. The van der Waals surface area contributed by atoms with Crippen molar-refractivity contribution in [2.24, 2.45) is 5.73 Å². The number of benzene rings is 2. The van der Waals surface area contributed by atoms with Crippen LogP contribution < -0.4 is 11.1 Å². The van der Waals surface area contributed by atoms with E-state index in [0.29, 0.717) is 12.4 Å². The van der Waals surface area contributed by atoms with E-state index in [0.717, 1.165) is 39.1 Å². The van der Waals surface area contributed by atoms with Crippen LogP contribution in [0.15, 0.2) is 79.1 Å². The van der Waals surface area contributed by atoms with Crippen molar-refractivity contribution in [3.8, 4) is 22.5 Å². The van der Waals surface area contributed by atoms with Crippen LogP contribution in [-0.2, 0) is 11.8 Å². The van der Waals surface area contributed by atoms with E-state index < -0.39 is 0 Å². The van der Waals surface area contributed by atoms with Crippen molar-refractivity contribution < 1.29 is 4.39 Å². The number of pyridine rings is 1. The van der Waals surface area contributed by atoms with Gasteiger partial charge in [0.2, 0.25) is 0 Å². The highest BCUT2D eigenvalue weighted by Crippen LogP contribution is 2.46. The summed E-state index contributed by atoms with van der Waals surface area (Å²) in [7, 11) is 0. The summed E-state index contributed by atoms with van der Waals surface area (Å²) in [6, 6.07) is 20.6. The number of hydrogen-bond acceptors (Lipinski definition) is 6. The molecule has 37 heavy (non-hydrogen) atoms. The minimum absolute atomic E-state index is 0.0876. The number of hydrogen-bond donors (Lipinski definition) is 2. The lowest BCUT2D eigenvalue weighted by molar-refractivity contribution is 0.605. The molecule has 5 nitrogen and oxygen atoms in total. The number of anilines is 1. The summed E-state index contributed by atoms with van der Waals surface area (Å²) >= 11 is 1.68. The highest BCUT2D eigenvalue weighted by molar-refractivity contribution is 7.20. The smallest absolute Gasteiger partial charge is 0.162 e. The monoisotopic (exact) mass is 511 g/mol. The number of aromatic nitrogens is 3. The van der Waals surface area contributed by atoms with E-state index in [-0.39, 0.29) is 17.3 Å². The lowest BCUT2D eigenvalue weighted by Gasteiger charge is -2.19. The van der Waals surface area contributed by atoms with Crippen molar-refractivity contribution in [2.45, 2.75) is 38.6 Å². The Morgan fingerprint density at radius 3 is 2.30 bits per heavy atom. The summed E-state index contributed by atoms with van der Waals surface area (Å²) in [5, 5.41) is 3.53. The Morgan fingerprint density at radius 2 is 1.62 bits per heavy atom. The molecule has 0 amide bonds. The molecule has 1 atom stereocenters. The van der Waals surface area contributed by atoms with Gasteiger partial charge in [0.15, 0.2) is 5.82 Å². The van der Waals surface area contributed by atoms with Crippen LogP contribution in [0.5, 0.6) is 0 Å². The molecule has 5 rings (SSSR count). The zero-order valence-electron chi connectivity index (χ0n) is 21.2. The molecule has 0 unspecified atom stereocenters. The standard InChI is InChI=1S/C30H30FN5S/c1-30(2,3)27-24(20-9-11-22(31)12-10-20)25-26(37-27)29(36-28(35-25)21-13-15-33-16-14-21)34-18-23(32)17-19-7-5-4-6-8-19/h4-16,23H,17-18,32H2,1-3H3,(H,34,35,36)/t23-/m0/s1. The average molecular weight is 512 g/mol. The summed E-state index contributed by atoms with van der Waals surface area (Å²) in [4.78, 5) is 15.3. The molecule has 7 heteroatoms. The molecule has 3 N–H and O–H groups in total. The van der Waals surface area contributed by atoms with Gasteiger partial charge in [0.1, 0.15) is 11.6 Å². The molecule has 3 heterocycles. The summed E-state index contributed by atoms with van der Waals surface area (Å²) in [5.74, 6) is 1.10. The first-order valence-corrected chi connectivity index (χ1v) is 13.2. The van der Waals surface area contributed by atoms with E-state index in [2.05, 4.69) is 43.2 Å². The van der Waals surface area contributed by atoms with Crippen LogP contribution in [-0.4, -0.2) is 27.5 Å². The molecule has 2 aromatic carbocycles. The van der Waals surface area contributed by atoms with Gasteiger partial charge in [0, 0.05) is 41.0 Å². The number of nitrogens with zero attached hydrogens (tertiary/aromatic N) is 3. The van der Waals surface area contributed by atoms with Crippen molar-refractivity contribution in [1.29, 1.82) is 0 Å². The summed E-state index contributed by atoms with van der Waals surface area (Å²) < 4.78 is 14.8. The lowest BCUT2D eigenvalue weighted by Crippen LogP contribution is -2.31. The predicted octanol–water partition coefficient (Wildman–Crippen LogP) is 6.84. The quantitative estimate of drug-likeness (QED) is 0.250. The van der Waals surface area contributed by atoms with Crippen molar-refractivity contribution in [2.75, 3.05) is 11.9 Å². The molecule has 5 aromatic rings. The first-order chi connectivity index (χ1) is 17.8. The Balaban J connectivity index is 1.63. The number of halogens is 1. The Hall–Kier alpha value is -3.68. The van der Waals surface area contributed by atoms with Crippen molar-refractivity contribution >= 4 is 27.4 Å². The number of fused-ring (bicyclic) bond motifs is 1. The van der Waals surface area contributed by atoms with Gasteiger partial charge in [0.25, 0.3) is 0 Å². The number of nitrogens with one attached hydrogen (secondary N) is 1. The third kappa shape index (κ3) is 5.53. The fourth-order valence-corrected chi connectivity index (χ4v) is 5.64. The number of thiophene rings is 1. The Bertz CT molecular complexity index is 1490. The molecule has 0 saturated heterocycles. The third-order valence-corrected chi connectivity index (χ3v) is 7.77. The maximum Gasteiger partial charge on any atom is 0.162 e. The van der Waals surface area contributed by atoms with Crippen molar-refractivity contribution in [3.63, 3.8) is 0 Å². The molecule has 188 valence electrons. The largest absolute Gasteiger partial charge is 0.367 e. The molecule has 0 spiro atoms. The average Bonchev–Trinajstić information content (AvgIpc) is 3.29. The van der Waals surface area contributed by atoms with Crippen LogP contribution in [0, 0.1) is 5.82 Å². The fourth-order valence-electron chi connectivity index (χ4n) is 4.36. The van der Waals surface area contributed by atoms with Crippen LogP contribution in [0.4, 0.5) is 10.2 Å². The van der Waals surface area contributed by atoms with E-state index in [9.17, 15) is 4.39 Å². The molecule has 0 fully saturated rings. The highest BCUT2D eigenvalue weighted by atomic mass is 32.1. The normalized spacial score (nSPS) is 12.6. The van der Waals surface area contributed by atoms with Crippen LogP contribution in [0.3, 0.4) is 0 Å². The van der Waals surface area contributed by atoms with Gasteiger partial charge >= 0.3 is 0 Å². The molecule has 3 aromatic heterocycles. The van der Waals surface area contributed by atoms with Gasteiger partial charge in [-0.15, -0.1) is 11.3 Å². The van der Waals surface area contributed by atoms with Crippen LogP contribution in [0.25, 0.3) is 32.7 Å². The van der Waals surface area contributed by atoms with Gasteiger partial charge in [-0.25, -0.2) is 14.4 Å². The Morgan fingerprint density at radius 1 is 0.919 bits per heavy atom. The minimum Gasteiger partial charge on any atom is -0.367 e. The zero-order chi connectivity index (χ0) is 26.0. The van der Waals surface area contributed by atoms with Gasteiger partial charge in [-0.1, -0.05) is 63.2 Å². The van der Waals surface area contributed by atoms with Gasteiger partial charge in [-0.2, -0.15) is 0 Å². The SMILES string of the molecule is CC(C)(C)c1sc2c(NC[C@@H](N)Cc3ccccc3)nc(-c3ccncc3)nc2c1-c1ccc(F)cc1.